The van der Waals surface area contributed by atoms with Gasteiger partial charge in [0, 0.05) is 0 Å². The molecule has 0 amide bonds. The van der Waals surface area contributed by atoms with Crippen molar-refractivity contribution < 1.29 is 4.43 Å². The van der Waals surface area contributed by atoms with E-state index in [4.69, 9.17) is 4.43 Å². The van der Waals surface area contributed by atoms with Gasteiger partial charge in [0.25, 0.3) is 0 Å². The van der Waals surface area contributed by atoms with Crippen LogP contribution in [0.4, 0.5) is 0 Å². The average Bonchev–Trinajstić information content (AvgIpc) is 2.10. The third kappa shape index (κ3) is 4.98. The maximum Gasteiger partial charge on any atom is 0.192 e. The van der Waals surface area contributed by atoms with Gasteiger partial charge in [-0.25, -0.2) is 0 Å². The second-order valence-corrected chi connectivity index (χ2v) is 10.6. The van der Waals surface area contributed by atoms with Gasteiger partial charge in [-0.15, -0.1) is 6.58 Å². The minimum absolute atomic E-state index is 0.255. The maximum absolute atomic E-state index is 6.27. The van der Waals surface area contributed by atoms with Crippen LogP contribution in [0.5, 0.6) is 0 Å². The molecule has 0 heterocycles. The molecule has 0 saturated carbocycles. The molecule has 0 aliphatic heterocycles. The summed E-state index contributed by atoms with van der Waals surface area (Å²) in [5.41, 5.74) is 0. The van der Waals surface area contributed by atoms with Gasteiger partial charge in [0.15, 0.2) is 8.32 Å². The van der Waals surface area contributed by atoms with Crippen LogP contribution in [0.25, 0.3) is 0 Å². The van der Waals surface area contributed by atoms with Crippen LogP contribution in [0.15, 0.2) is 12.7 Å². The average molecular weight is 228 g/mol. The van der Waals surface area contributed by atoms with Crippen LogP contribution in [-0.4, -0.2) is 14.4 Å². The quantitative estimate of drug-likeness (QED) is 0.471. The van der Waals surface area contributed by atoms with Crippen molar-refractivity contribution in [2.45, 2.75) is 71.2 Å². The van der Waals surface area contributed by atoms with E-state index in [1.54, 1.807) is 0 Å². The van der Waals surface area contributed by atoms with Gasteiger partial charge in [0.1, 0.15) is 0 Å². The molecule has 1 atom stereocenters. The molecular formula is C13H28OSi. The molecule has 0 fully saturated rings. The normalized spacial score (nSPS) is 15.1. The van der Waals surface area contributed by atoms with Crippen LogP contribution in [-0.2, 0) is 4.43 Å². The summed E-state index contributed by atoms with van der Waals surface area (Å²) in [6, 6.07) is 0. The first-order chi connectivity index (χ1) is 6.74. The fraction of sp³-hybridized carbons (Fsp3) is 0.846. The first-order valence-corrected chi connectivity index (χ1v) is 8.96. The number of unbranched alkanes of at least 4 members (excludes halogenated alkanes) is 1. The van der Waals surface area contributed by atoms with Gasteiger partial charge in [-0.2, -0.15) is 0 Å². The lowest BCUT2D eigenvalue weighted by Crippen LogP contribution is -2.43. The van der Waals surface area contributed by atoms with Crippen molar-refractivity contribution in [3.8, 4) is 0 Å². The van der Waals surface area contributed by atoms with Crippen LogP contribution >= 0.6 is 0 Å². The van der Waals surface area contributed by atoms with E-state index in [9.17, 15) is 0 Å². The van der Waals surface area contributed by atoms with Crippen LogP contribution in [0.3, 0.4) is 0 Å². The predicted octanol–water partition coefficient (Wildman–Crippen LogP) is 4.75. The minimum atomic E-state index is -1.61. The molecule has 0 bridgehead atoms. The molecule has 0 saturated heterocycles. The Kier molecular flexibility index (Phi) is 5.82. The molecule has 0 aliphatic carbocycles. The highest BCUT2D eigenvalue weighted by Crippen LogP contribution is 2.37. The Morgan fingerprint density at radius 1 is 1.33 bits per heavy atom. The Balaban J connectivity index is 4.34. The van der Waals surface area contributed by atoms with Gasteiger partial charge in [-0.3, -0.25) is 0 Å². The molecule has 15 heavy (non-hydrogen) atoms. The Morgan fingerprint density at radius 3 is 2.20 bits per heavy atom. The number of hydrogen-bond donors (Lipinski definition) is 0. The summed E-state index contributed by atoms with van der Waals surface area (Å²) in [6.07, 6.45) is 5.80. The molecule has 0 rings (SSSR count). The van der Waals surface area contributed by atoms with Crippen molar-refractivity contribution in [3.05, 3.63) is 12.7 Å². The van der Waals surface area contributed by atoms with Crippen molar-refractivity contribution >= 4 is 8.32 Å². The van der Waals surface area contributed by atoms with Crippen molar-refractivity contribution in [1.29, 1.82) is 0 Å². The summed E-state index contributed by atoms with van der Waals surface area (Å²) in [4.78, 5) is 0. The molecule has 0 aliphatic rings. The molecule has 1 nitrogen and oxygen atoms in total. The summed E-state index contributed by atoms with van der Waals surface area (Å²) in [7, 11) is -1.61. The fourth-order valence-electron chi connectivity index (χ4n) is 1.19. The molecule has 0 aromatic rings. The van der Waals surface area contributed by atoms with E-state index in [1.807, 2.05) is 6.08 Å². The Hall–Kier alpha value is -0.0831. The molecule has 0 radical (unpaired) electrons. The largest absolute Gasteiger partial charge is 0.411 e. The smallest absolute Gasteiger partial charge is 0.192 e. The minimum Gasteiger partial charge on any atom is -0.411 e. The zero-order valence-electron chi connectivity index (χ0n) is 11.4. The van der Waals surface area contributed by atoms with Crippen LogP contribution in [0.2, 0.25) is 18.1 Å². The third-order valence-corrected chi connectivity index (χ3v) is 7.86. The van der Waals surface area contributed by atoms with Gasteiger partial charge < -0.3 is 4.43 Å². The van der Waals surface area contributed by atoms with E-state index in [0.717, 1.165) is 6.42 Å². The highest BCUT2D eigenvalue weighted by Gasteiger charge is 2.38. The number of rotatable bonds is 6. The molecule has 1 unspecified atom stereocenters. The van der Waals surface area contributed by atoms with Gasteiger partial charge in [-0.05, 0) is 24.6 Å². The monoisotopic (exact) mass is 228 g/mol. The third-order valence-electron chi connectivity index (χ3n) is 3.36. The first kappa shape index (κ1) is 14.9. The summed E-state index contributed by atoms with van der Waals surface area (Å²) >= 11 is 0. The van der Waals surface area contributed by atoms with Crippen LogP contribution in [0.1, 0.15) is 47.0 Å². The van der Waals surface area contributed by atoms with E-state index in [-0.39, 0.29) is 6.10 Å². The van der Waals surface area contributed by atoms with E-state index in [1.165, 1.54) is 12.8 Å². The topological polar surface area (TPSA) is 9.23 Å². The molecule has 0 spiro atoms. The van der Waals surface area contributed by atoms with Crippen molar-refractivity contribution in [3.63, 3.8) is 0 Å². The second kappa shape index (κ2) is 5.85. The molecule has 0 aromatic carbocycles. The van der Waals surface area contributed by atoms with Gasteiger partial charge in [-0.1, -0.05) is 46.6 Å². The van der Waals surface area contributed by atoms with Gasteiger partial charge >= 0.3 is 0 Å². The highest BCUT2D eigenvalue weighted by molar-refractivity contribution is 6.74. The molecule has 0 aromatic heterocycles. The van der Waals surface area contributed by atoms with Gasteiger partial charge in [0.05, 0.1) is 6.10 Å². The van der Waals surface area contributed by atoms with Crippen LogP contribution in [0, 0.1) is 0 Å². The standard InChI is InChI=1S/C13H28OSi/c1-8-10-11-12(9-2)14-15(6,7)13(3,4)5/h9,12H,2,8,10-11H2,1,3-7H3. The molecular weight excluding hydrogens is 200 g/mol. The van der Waals surface area contributed by atoms with Crippen molar-refractivity contribution in [2.75, 3.05) is 0 Å². The molecule has 2 heteroatoms. The zero-order chi connectivity index (χ0) is 12.1. The summed E-state index contributed by atoms with van der Waals surface area (Å²) < 4.78 is 6.27. The summed E-state index contributed by atoms with van der Waals surface area (Å²) in [5.74, 6) is 0. The maximum atomic E-state index is 6.27. The second-order valence-electron chi connectivity index (χ2n) is 5.79. The van der Waals surface area contributed by atoms with Crippen molar-refractivity contribution in [2.24, 2.45) is 0 Å². The zero-order valence-corrected chi connectivity index (χ0v) is 12.4. The first-order valence-electron chi connectivity index (χ1n) is 6.05. The Labute approximate surface area is 97.0 Å². The SMILES string of the molecule is C=CC(CCCC)O[Si](C)(C)C(C)(C)C. The van der Waals surface area contributed by atoms with E-state index < -0.39 is 8.32 Å². The lowest BCUT2D eigenvalue weighted by atomic mass is 10.2. The van der Waals surface area contributed by atoms with Crippen molar-refractivity contribution in [1.82, 2.24) is 0 Å². The fourth-order valence-corrected chi connectivity index (χ4v) is 2.51. The van der Waals surface area contributed by atoms with Gasteiger partial charge in [0.2, 0.25) is 0 Å². The Bertz CT molecular complexity index is 191. The van der Waals surface area contributed by atoms with E-state index in [0.29, 0.717) is 5.04 Å². The van der Waals surface area contributed by atoms with Crippen LogP contribution < -0.4 is 0 Å². The summed E-state index contributed by atoms with van der Waals surface area (Å²) in [6.45, 7) is 17.5. The number of hydrogen-bond acceptors (Lipinski definition) is 1. The van der Waals surface area contributed by atoms with E-state index >= 15 is 0 Å². The Morgan fingerprint density at radius 2 is 1.87 bits per heavy atom. The summed E-state index contributed by atoms with van der Waals surface area (Å²) in [5, 5.41) is 0.292. The van der Waals surface area contributed by atoms with E-state index in [2.05, 4.69) is 47.4 Å². The lowest BCUT2D eigenvalue weighted by Gasteiger charge is -2.38. The lowest BCUT2D eigenvalue weighted by molar-refractivity contribution is 0.212. The molecule has 90 valence electrons. The highest BCUT2D eigenvalue weighted by atomic mass is 28.4. The molecule has 0 N–H and O–H groups in total. The predicted molar refractivity (Wildman–Crippen MR) is 71.8 cm³/mol.